The highest BCUT2D eigenvalue weighted by Gasteiger charge is 2.47. The number of carboxylic acid groups (broad SMARTS) is 2. The summed E-state index contributed by atoms with van der Waals surface area (Å²) in [6.45, 7) is -0.369. The summed E-state index contributed by atoms with van der Waals surface area (Å²) in [4.78, 5) is 25.7. The summed E-state index contributed by atoms with van der Waals surface area (Å²) in [5, 5.41) is 60.0. The Hall–Kier alpha value is -2.21. The molecule has 1 rings (SSSR count). The van der Waals surface area contributed by atoms with Gasteiger partial charge in [0.1, 0.15) is 18.2 Å². The van der Waals surface area contributed by atoms with Crippen LogP contribution < -0.4 is 5.32 Å². The molecule has 4 atom stereocenters. The van der Waals surface area contributed by atoms with Crippen molar-refractivity contribution in [2.24, 2.45) is 4.99 Å². The summed E-state index contributed by atoms with van der Waals surface area (Å²) in [5.74, 6) is -2.87. The zero-order chi connectivity index (χ0) is 19.4. The normalized spacial score (nSPS) is 27.8. The molecule has 0 saturated heterocycles. The SMILES string of the molecule is COC1=C(NC(C(=O)O)C(C)O)[C@H](O)[C@](O)(CO)CC1=NCC(=O)O. The smallest absolute Gasteiger partial charge is 0.328 e. The monoisotopic (exact) mass is 362 g/mol. The van der Waals surface area contributed by atoms with Gasteiger partial charge in [0, 0.05) is 6.42 Å². The molecular formula is C14H22N2O9. The van der Waals surface area contributed by atoms with E-state index in [9.17, 15) is 30.0 Å². The van der Waals surface area contributed by atoms with E-state index in [1.54, 1.807) is 0 Å². The third-order valence-electron chi connectivity index (χ3n) is 3.71. The van der Waals surface area contributed by atoms with E-state index in [0.29, 0.717) is 0 Å². The minimum absolute atomic E-state index is 0.0796. The summed E-state index contributed by atoms with van der Waals surface area (Å²) in [7, 11) is 1.18. The molecule has 11 heteroatoms. The maximum atomic E-state index is 11.3. The molecule has 0 aromatic carbocycles. The number of carboxylic acids is 2. The summed E-state index contributed by atoms with van der Waals surface area (Å²) in [6.07, 6.45) is -3.57. The molecule has 0 aliphatic heterocycles. The van der Waals surface area contributed by atoms with Gasteiger partial charge in [-0.15, -0.1) is 0 Å². The largest absolute Gasteiger partial charge is 0.493 e. The molecule has 1 aliphatic rings. The van der Waals surface area contributed by atoms with Gasteiger partial charge in [-0.25, -0.2) is 4.79 Å². The van der Waals surface area contributed by atoms with Gasteiger partial charge in [0.2, 0.25) is 0 Å². The number of carbonyl (C=O) groups is 2. The van der Waals surface area contributed by atoms with Gasteiger partial charge in [-0.3, -0.25) is 9.79 Å². The molecule has 1 aliphatic carbocycles. The number of nitrogens with zero attached hydrogens (tertiary/aromatic N) is 1. The molecule has 25 heavy (non-hydrogen) atoms. The van der Waals surface area contributed by atoms with Gasteiger partial charge in [-0.05, 0) is 6.92 Å². The van der Waals surface area contributed by atoms with Gasteiger partial charge >= 0.3 is 11.9 Å². The molecule has 0 aromatic rings. The van der Waals surface area contributed by atoms with Crippen molar-refractivity contribution in [2.75, 3.05) is 20.3 Å². The van der Waals surface area contributed by atoms with Gasteiger partial charge in [-0.2, -0.15) is 0 Å². The van der Waals surface area contributed by atoms with E-state index < -0.39 is 55.4 Å². The number of aliphatic hydroxyl groups is 4. The molecule has 7 N–H and O–H groups in total. The molecular weight excluding hydrogens is 340 g/mol. The quantitative estimate of drug-likeness (QED) is 0.239. The number of methoxy groups -OCH3 is 1. The Morgan fingerprint density at radius 3 is 2.44 bits per heavy atom. The van der Waals surface area contributed by atoms with Crippen LogP contribution in [0.25, 0.3) is 0 Å². The van der Waals surface area contributed by atoms with Gasteiger partial charge in [0.15, 0.2) is 11.8 Å². The molecule has 0 aromatic heterocycles. The average molecular weight is 362 g/mol. The zero-order valence-corrected chi connectivity index (χ0v) is 13.7. The van der Waals surface area contributed by atoms with Crippen molar-refractivity contribution in [3.63, 3.8) is 0 Å². The molecule has 142 valence electrons. The van der Waals surface area contributed by atoms with Crippen molar-refractivity contribution in [2.45, 2.75) is 37.2 Å². The summed E-state index contributed by atoms with van der Waals surface area (Å²) >= 11 is 0. The predicted molar refractivity (Wildman–Crippen MR) is 82.9 cm³/mol. The van der Waals surface area contributed by atoms with Crippen LogP contribution in [0, 0.1) is 0 Å². The highest BCUT2D eigenvalue weighted by Crippen LogP contribution is 2.31. The first kappa shape index (κ1) is 20.8. The van der Waals surface area contributed by atoms with Crippen molar-refractivity contribution in [1.29, 1.82) is 0 Å². The molecule has 0 fully saturated rings. The topological polar surface area (TPSA) is 189 Å². The Morgan fingerprint density at radius 1 is 1.44 bits per heavy atom. The van der Waals surface area contributed by atoms with Crippen LogP contribution >= 0.6 is 0 Å². The first-order chi connectivity index (χ1) is 11.6. The van der Waals surface area contributed by atoms with E-state index in [1.807, 2.05) is 0 Å². The molecule has 0 bridgehead atoms. The second-order valence-electron chi connectivity index (χ2n) is 5.65. The Morgan fingerprint density at radius 2 is 2.04 bits per heavy atom. The first-order valence-corrected chi connectivity index (χ1v) is 7.29. The molecule has 0 spiro atoms. The second-order valence-corrected chi connectivity index (χ2v) is 5.65. The third kappa shape index (κ3) is 4.66. The van der Waals surface area contributed by atoms with E-state index in [2.05, 4.69) is 10.3 Å². The average Bonchev–Trinajstić information content (AvgIpc) is 2.53. The lowest BCUT2D eigenvalue weighted by Gasteiger charge is -2.39. The lowest BCUT2D eigenvalue weighted by molar-refractivity contribution is -0.142. The van der Waals surface area contributed by atoms with Crippen LogP contribution in [0.3, 0.4) is 0 Å². The highest BCUT2D eigenvalue weighted by molar-refractivity contribution is 6.02. The fraction of sp³-hybridized carbons (Fsp3) is 0.643. The van der Waals surface area contributed by atoms with Crippen LogP contribution in [0.1, 0.15) is 13.3 Å². The second kappa shape index (κ2) is 8.25. The van der Waals surface area contributed by atoms with Crippen LogP contribution in [-0.4, -0.2) is 92.4 Å². The van der Waals surface area contributed by atoms with Crippen molar-refractivity contribution in [3.8, 4) is 0 Å². The van der Waals surface area contributed by atoms with Crippen LogP contribution in [0.5, 0.6) is 0 Å². The number of aliphatic imine (C=N–C) groups is 1. The van der Waals surface area contributed by atoms with Gasteiger partial charge < -0.3 is 40.7 Å². The number of aliphatic hydroxyl groups excluding tert-OH is 3. The van der Waals surface area contributed by atoms with E-state index in [0.717, 1.165) is 0 Å². The van der Waals surface area contributed by atoms with Crippen molar-refractivity contribution < 1.29 is 45.0 Å². The number of hydrogen-bond acceptors (Lipinski definition) is 9. The Bertz CT molecular complexity index is 587. The standard InChI is InChI=1S/C14H22N2O9/c1-6(18)9(13(22)23)16-10-11(25-2)7(15-4-8(19)20)3-14(24,5-17)12(10)21/h6,9,12,16-18,21,24H,3-5H2,1-2H3,(H,19,20)(H,22,23)/t6?,9?,12-,14+/m0/s1. The minimum atomic E-state index is -2.14. The van der Waals surface area contributed by atoms with Crippen LogP contribution in [0.4, 0.5) is 0 Å². The van der Waals surface area contributed by atoms with E-state index >= 15 is 0 Å². The summed E-state index contributed by atoms with van der Waals surface area (Å²) in [6, 6.07) is -1.56. The molecule has 2 unspecified atom stereocenters. The van der Waals surface area contributed by atoms with Gasteiger partial charge in [-0.1, -0.05) is 0 Å². The Labute approximate surface area is 142 Å². The molecule has 0 radical (unpaired) electrons. The Kier molecular flexibility index (Phi) is 6.87. The third-order valence-corrected chi connectivity index (χ3v) is 3.71. The zero-order valence-electron chi connectivity index (χ0n) is 13.7. The molecule has 0 heterocycles. The maximum absolute atomic E-state index is 11.3. The predicted octanol–water partition coefficient (Wildman–Crippen LogP) is -2.72. The lowest BCUT2D eigenvalue weighted by atomic mass is 9.82. The molecule has 11 nitrogen and oxygen atoms in total. The number of rotatable bonds is 8. The van der Waals surface area contributed by atoms with Gasteiger partial charge in [0.25, 0.3) is 0 Å². The number of aliphatic carboxylic acids is 2. The highest BCUT2D eigenvalue weighted by atomic mass is 16.5. The Balaban J connectivity index is 3.43. The minimum Gasteiger partial charge on any atom is -0.493 e. The van der Waals surface area contributed by atoms with Crippen molar-refractivity contribution in [3.05, 3.63) is 11.5 Å². The van der Waals surface area contributed by atoms with E-state index in [-0.39, 0.29) is 17.2 Å². The number of hydrogen-bond donors (Lipinski definition) is 7. The van der Waals surface area contributed by atoms with Crippen molar-refractivity contribution >= 4 is 17.7 Å². The van der Waals surface area contributed by atoms with Gasteiger partial charge in [0.05, 0.1) is 31.2 Å². The molecule has 0 amide bonds. The lowest BCUT2D eigenvalue weighted by Crippen LogP contribution is -2.57. The first-order valence-electron chi connectivity index (χ1n) is 7.29. The van der Waals surface area contributed by atoms with E-state index in [1.165, 1.54) is 14.0 Å². The van der Waals surface area contributed by atoms with Crippen LogP contribution in [0.2, 0.25) is 0 Å². The van der Waals surface area contributed by atoms with Crippen LogP contribution in [0.15, 0.2) is 16.4 Å². The van der Waals surface area contributed by atoms with Crippen molar-refractivity contribution in [1.82, 2.24) is 5.32 Å². The summed E-state index contributed by atoms with van der Waals surface area (Å²) in [5.41, 5.74) is -2.55. The number of ether oxygens (including phenoxy) is 1. The molecule has 0 saturated carbocycles. The fourth-order valence-corrected chi connectivity index (χ4v) is 2.38. The number of allylic oxidation sites excluding steroid dienone is 1. The summed E-state index contributed by atoms with van der Waals surface area (Å²) < 4.78 is 5.08. The van der Waals surface area contributed by atoms with Crippen LogP contribution in [-0.2, 0) is 14.3 Å². The van der Waals surface area contributed by atoms with E-state index in [4.69, 9.17) is 14.9 Å². The maximum Gasteiger partial charge on any atom is 0.328 e. The number of nitrogens with one attached hydrogen (secondary N) is 1. The fourth-order valence-electron chi connectivity index (χ4n) is 2.38.